The highest BCUT2D eigenvalue weighted by Crippen LogP contribution is 2.53. The molecule has 0 radical (unpaired) electrons. The van der Waals surface area contributed by atoms with E-state index in [1.807, 2.05) is 0 Å². The van der Waals surface area contributed by atoms with E-state index in [1.165, 1.54) is 12.8 Å². The van der Waals surface area contributed by atoms with E-state index in [0.29, 0.717) is 30.2 Å². The van der Waals surface area contributed by atoms with Gasteiger partial charge < -0.3 is 20.6 Å². The van der Waals surface area contributed by atoms with Crippen LogP contribution in [0.4, 0.5) is 0 Å². The van der Waals surface area contributed by atoms with Gasteiger partial charge in [0, 0.05) is 37.9 Å². The SMILES string of the molecule is C[C@]12CC[C@@H](O1)[C@H]1CN(CCC(N)=NO)C[C@@H]12. The zero-order valence-electron chi connectivity index (χ0n) is 10.3. The molecule has 3 heterocycles. The Morgan fingerprint density at radius 3 is 3.12 bits per heavy atom. The average Bonchev–Trinajstić information content (AvgIpc) is 2.95. The van der Waals surface area contributed by atoms with Crippen molar-refractivity contribution in [3.05, 3.63) is 0 Å². The third-order valence-electron chi connectivity index (χ3n) is 4.86. The quantitative estimate of drug-likeness (QED) is 0.328. The molecule has 96 valence electrons. The molecular formula is C12H21N3O2. The minimum absolute atomic E-state index is 0.126. The maximum absolute atomic E-state index is 8.53. The van der Waals surface area contributed by atoms with Crippen molar-refractivity contribution < 1.29 is 9.94 Å². The summed E-state index contributed by atoms with van der Waals surface area (Å²) in [5.41, 5.74) is 5.63. The van der Waals surface area contributed by atoms with Gasteiger partial charge >= 0.3 is 0 Å². The van der Waals surface area contributed by atoms with Crippen molar-refractivity contribution in [3.8, 4) is 0 Å². The number of oxime groups is 1. The number of ether oxygens (including phenoxy) is 1. The molecule has 0 aromatic heterocycles. The molecule has 0 unspecified atom stereocenters. The van der Waals surface area contributed by atoms with Crippen LogP contribution in [-0.2, 0) is 4.74 Å². The third kappa shape index (κ3) is 1.72. The zero-order valence-corrected chi connectivity index (χ0v) is 10.3. The Balaban J connectivity index is 1.60. The second kappa shape index (κ2) is 3.85. The Labute approximate surface area is 102 Å². The largest absolute Gasteiger partial charge is 0.409 e. The maximum Gasteiger partial charge on any atom is 0.140 e. The number of likely N-dealkylation sites (tertiary alicyclic amines) is 1. The molecule has 0 spiro atoms. The first-order valence-electron chi connectivity index (χ1n) is 6.49. The molecule has 0 amide bonds. The standard InChI is InChI=1S/C12H21N3O2/c1-12-4-2-10(17-12)8-6-15(7-9(8)12)5-3-11(13)14-16/h8-10,16H,2-7H2,1H3,(H2,13,14)/t8-,9-,10+,12+/m0/s1. The van der Waals surface area contributed by atoms with E-state index in [4.69, 9.17) is 15.7 Å². The summed E-state index contributed by atoms with van der Waals surface area (Å²) in [6, 6.07) is 0. The summed E-state index contributed by atoms with van der Waals surface area (Å²) in [4.78, 5) is 2.44. The minimum atomic E-state index is 0.126. The van der Waals surface area contributed by atoms with Crippen LogP contribution in [0, 0.1) is 11.8 Å². The zero-order chi connectivity index (χ0) is 12.0. The van der Waals surface area contributed by atoms with Crippen LogP contribution in [0.15, 0.2) is 5.16 Å². The summed E-state index contributed by atoms with van der Waals surface area (Å²) in [6.45, 7) is 5.39. The van der Waals surface area contributed by atoms with E-state index < -0.39 is 0 Å². The van der Waals surface area contributed by atoms with Gasteiger partial charge in [0.05, 0.1) is 11.7 Å². The van der Waals surface area contributed by atoms with Crippen molar-refractivity contribution >= 4 is 5.84 Å². The summed E-state index contributed by atoms with van der Waals surface area (Å²) in [5, 5.41) is 11.6. The van der Waals surface area contributed by atoms with Crippen LogP contribution in [0.25, 0.3) is 0 Å². The number of hydrogen-bond acceptors (Lipinski definition) is 4. The van der Waals surface area contributed by atoms with Gasteiger partial charge in [-0.1, -0.05) is 5.16 Å². The molecule has 0 aromatic carbocycles. The first-order valence-corrected chi connectivity index (χ1v) is 6.49. The van der Waals surface area contributed by atoms with Gasteiger partial charge in [0.15, 0.2) is 0 Å². The Morgan fingerprint density at radius 1 is 1.59 bits per heavy atom. The highest BCUT2D eigenvalue weighted by Gasteiger charge is 2.59. The number of amidine groups is 1. The van der Waals surface area contributed by atoms with Crippen molar-refractivity contribution in [1.29, 1.82) is 0 Å². The topological polar surface area (TPSA) is 71.1 Å². The summed E-state index contributed by atoms with van der Waals surface area (Å²) >= 11 is 0. The van der Waals surface area contributed by atoms with Crippen LogP contribution in [0.5, 0.6) is 0 Å². The van der Waals surface area contributed by atoms with Gasteiger partial charge in [-0.2, -0.15) is 0 Å². The molecule has 5 nitrogen and oxygen atoms in total. The molecule has 4 atom stereocenters. The van der Waals surface area contributed by atoms with Crippen molar-refractivity contribution in [2.24, 2.45) is 22.7 Å². The molecule has 2 bridgehead atoms. The first-order chi connectivity index (χ1) is 8.12. The Bertz CT molecular complexity index is 347. The van der Waals surface area contributed by atoms with E-state index in [2.05, 4.69) is 17.0 Å². The van der Waals surface area contributed by atoms with Crippen LogP contribution < -0.4 is 5.73 Å². The molecule has 0 aromatic rings. The van der Waals surface area contributed by atoms with Crippen LogP contribution in [0.3, 0.4) is 0 Å². The lowest BCUT2D eigenvalue weighted by Crippen LogP contribution is -2.35. The lowest BCUT2D eigenvalue weighted by Gasteiger charge is -2.28. The van der Waals surface area contributed by atoms with Gasteiger partial charge in [-0.25, -0.2) is 0 Å². The normalized spacial score (nSPS) is 45.5. The van der Waals surface area contributed by atoms with E-state index in [1.54, 1.807) is 0 Å². The minimum Gasteiger partial charge on any atom is -0.409 e. The molecular weight excluding hydrogens is 218 g/mol. The maximum atomic E-state index is 8.53. The number of nitrogens with zero attached hydrogens (tertiary/aromatic N) is 2. The monoisotopic (exact) mass is 239 g/mol. The number of hydrogen-bond donors (Lipinski definition) is 2. The number of rotatable bonds is 3. The van der Waals surface area contributed by atoms with Gasteiger partial charge in [0.1, 0.15) is 5.84 Å². The third-order valence-corrected chi connectivity index (χ3v) is 4.86. The first kappa shape index (κ1) is 11.3. The average molecular weight is 239 g/mol. The van der Waals surface area contributed by atoms with Gasteiger partial charge in [0.25, 0.3) is 0 Å². The number of nitrogens with two attached hydrogens (primary N) is 1. The molecule has 3 N–H and O–H groups in total. The molecule has 3 aliphatic rings. The van der Waals surface area contributed by atoms with E-state index in [0.717, 1.165) is 19.6 Å². The van der Waals surface area contributed by atoms with Crippen molar-refractivity contribution in [1.82, 2.24) is 4.90 Å². The fourth-order valence-electron chi connectivity index (χ4n) is 3.91. The highest BCUT2D eigenvalue weighted by atomic mass is 16.5. The van der Waals surface area contributed by atoms with Crippen LogP contribution >= 0.6 is 0 Å². The fourth-order valence-corrected chi connectivity index (χ4v) is 3.91. The van der Waals surface area contributed by atoms with Gasteiger partial charge in [-0.05, 0) is 19.8 Å². The Kier molecular flexibility index (Phi) is 2.56. The molecule has 0 aliphatic carbocycles. The lowest BCUT2D eigenvalue weighted by atomic mass is 9.75. The molecule has 3 aliphatic heterocycles. The summed E-state index contributed by atoms with van der Waals surface area (Å²) in [7, 11) is 0. The Morgan fingerprint density at radius 2 is 2.41 bits per heavy atom. The summed E-state index contributed by atoms with van der Waals surface area (Å²) < 4.78 is 6.11. The molecule has 0 saturated carbocycles. The molecule has 17 heavy (non-hydrogen) atoms. The second-order valence-corrected chi connectivity index (χ2v) is 5.88. The predicted molar refractivity (Wildman–Crippen MR) is 64.0 cm³/mol. The molecule has 3 fully saturated rings. The van der Waals surface area contributed by atoms with Crippen LogP contribution in [0.2, 0.25) is 0 Å². The second-order valence-electron chi connectivity index (χ2n) is 5.88. The molecule has 5 heteroatoms. The van der Waals surface area contributed by atoms with E-state index in [-0.39, 0.29) is 5.60 Å². The van der Waals surface area contributed by atoms with Gasteiger partial charge in [-0.15, -0.1) is 0 Å². The summed E-state index contributed by atoms with van der Waals surface area (Å²) in [5.74, 6) is 1.72. The Hall–Kier alpha value is -0.810. The van der Waals surface area contributed by atoms with Gasteiger partial charge in [-0.3, -0.25) is 0 Å². The van der Waals surface area contributed by atoms with Gasteiger partial charge in [0.2, 0.25) is 0 Å². The van der Waals surface area contributed by atoms with Crippen molar-refractivity contribution in [2.75, 3.05) is 19.6 Å². The van der Waals surface area contributed by atoms with Crippen molar-refractivity contribution in [2.45, 2.75) is 37.9 Å². The predicted octanol–water partition coefficient (Wildman–Crippen LogP) is 0.622. The molecule has 3 saturated heterocycles. The molecule has 3 rings (SSSR count). The van der Waals surface area contributed by atoms with Crippen LogP contribution in [-0.4, -0.2) is 47.3 Å². The highest BCUT2D eigenvalue weighted by molar-refractivity contribution is 5.79. The summed E-state index contributed by atoms with van der Waals surface area (Å²) in [6.07, 6.45) is 3.58. The van der Waals surface area contributed by atoms with Crippen molar-refractivity contribution in [3.63, 3.8) is 0 Å². The van der Waals surface area contributed by atoms with E-state index in [9.17, 15) is 0 Å². The fraction of sp³-hybridized carbons (Fsp3) is 0.917. The van der Waals surface area contributed by atoms with Crippen LogP contribution in [0.1, 0.15) is 26.2 Å². The number of fused-ring (bicyclic) bond motifs is 5. The van der Waals surface area contributed by atoms with E-state index >= 15 is 0 Å². The smallest absolute Gasteiger partial charge is 0.140 e. The lowest BCUT2D eigenvalue weighted by molar-refractivity contribution is -0.00290.